The van der Waals surface area contributed by atoms with Crippen LogP contribution in [0.2, 0.25) is 0 Å². The average Bonchev–Trinajstić information content (AvgIpc) is 3.82. The Labute approximate surface area is 405 Å². The van der Waals surface area contributed by atoms with E-state index in [1.807, 2.05) is 105 Å². The molecule has 0 aliphatic heterocycles. The van der Waals surface area contributed by atoms with Crippen LogP contribution in [-0.4, -0.2) is 65.4 Å². The first-order valence-electron chi connectivity index (χ1n) is 23.3. The second kappa shape index (κ2) is 22.2. The number of rotatable bonds is 23. The van der Waals surface area contributed by atoms with E-state index in [2.05, 4.69) is 108 Å². The minimum atomic E-state index is -3.63. The standard InChI is InChI=1S/C56H61N6O6P/c1-41(2)67-69(63,68-42(3)4)40-66-37-49(35-36-60-55(43-19-11-7-12-20-43,44-21-13-8-14-22-44)47-27-31-50(64-5)32-28-47)62-39-59-52-53(57-38-58-54(52)62)61-56(45-23-15-9-16-24-45,46-25-17-10-18-26-46)48-29-33-51(65-6)34-30-48/h7-34,38-39,41-42,49,60H,35-37,40H2,1-6H3,(H,57,58,61). The average molecular weight is 945 g/mol. The van der Waals surface area contributed by atoms with Gasteiger partial charge in [-0.05, 0) is 98.3 Å². The van der Waals surface area contributed by atoms with E-state index in [0.717, 1.165) is 44.9 Å². The number of hydrogen-bond acceptors (Lipinski definition) is 11. The van der Waals surface area contributed by atoms with Gasteiger partial charge >= 0.3 is 7.60 Å². The Morgan fingerprint density at radius 2 is 1.00 bits per heavy atom. The minimum Gasteiger partial charge on any atom is -0.497 e. The molecule has 12 nitrogen and oxygen atoms in total. The van der Waals surface area contributed by atoms with Gasteiger partial charge in [-0.1, -0.05) is 146 Å². The molecule has 0 aliphatic rings. The van der Waals surface area contributed by atoms with Crippen molar-refractivity contribution in [2.45, 2.75) is 63.4 Å². The molecule has 1 atom stereocenters. The van der Waals surface area contributed by atoms with E-state index >= 15 is 0 Å². The molecule has 2 N–H and O–H groups in total. The van der Waals surface area contributed by atoms with Crippen molar-refractivity contribution in [1.29, 1.82) is 0 Å². The van der Waals surface area contributed by atoms with Crippen LogP contribution in [0, 0.1) is 0 Å². The van der Waals surface area contributed by atoms with Gasteiger partial charge in [0.15, 0.2) is 11.5 Å². The second-order valence-corrected chi connectivity index (χ2v) is 19.3. The van der Waals surface area contributed by atoms with Crippen LogP contribution < -0.4 is 20.1 Å². The zero-order valence-electron chi connectivity index (χ0n) is 40.1. The summed E-state index contributed by atoms with van der Waals surface area (Å²) in [6.07, 6.45) is 2.99. The minimum absolute atomic E-state index is 0.142. The number of anilines is 1. The topological polar surface area (TPSA) is 131 Å². The maximum atomic E-state index is 14.1. The van der Waals surface area contributed by atoms with Gasteiger partial charge in [-0.3, -0.25) is 9.88 Å². The van der Waals surface area contributed by atoms with Crippen LogP contribution in [0.15, 0.2) is 183 Å². The van der Waals surface area contributed by atoms with Gasteiger partial charge in [-0.2, -0.15) is 0 Å². The third kappa shape index (κ3) is 10.8. The fourth-order valence-electron chi connectivity index (χ4n) is 9.10. The number of methoxy groups -OCH3 is 2. The predicted octanol–water partition coefficient (Wildman–Crippen LogP) is 11.8. The molecule has 0 fully saturated rings. The van der Waals surface area contributed by atoms with Gasteiger partial charge in [0.05, 0.1) is 50.9 Å². The number of benzene rings is 6. The molecule has 0 saturated carbocycles. The molecular formula is C56H61N6O6P. The molecule has 69 heavy (non-hydrogen) atoms. The Morgan fingerprint density at radius 1 is 0.565 bits per heavy atom. The molecule has 356 valence electrons. The molecule has 8 aromatic rings. The van der Waals surface area contributed by atoms with Crippen LogP contribution in [0.4, 0.5) is 5.82 Å². The van der Waals surface area contributed by atoms with Gasteiger partial charge in [0.1, 0.15) is 35.2 Å². The summed E-state index contributed by atoms with van der Waals surface area (Å²) < 4.78 is 45.5. The Morgan fingerprint density at radius 3 is 1.45 bits per heavy atom. The maximum absolute atomic E-state index is 14.1. The number of ether oxygens (including phenoxy) is 3. The van der Waals surface area contributed by atoms with Gasteiger partial charge in [-0.15, -0.1) is 0 Å². The van der Waals surface area contributed by atoms with Crippen molar-refractivity contribution < 1.29 is 27.8 Å². The van der Waals surface area contributed by atoms with Crippen molar-refractivity contribution in [2.24, 2.45) is 0 Å². The molecule has 6 aromatic carbocycles. The Bertz CT molecular complexity index is 2790. The summed E-state index contributed by atoms with van der Waals surface area (Å²) in [5.41, 5.74) is 5.63. The summed E-state index contributed by atoms with van der Waals surface area (Å²) in [7, 11) is -0.294. The summed E-state index contributed by atoms with van der Waals surface area (Å²) in [4.78, 5) is 14.8. The largest absolute Gasteiger partial charge is 0.497 e. The molecule has 0 radical (unpaired) electrons. The van der Waals surface area contributed by atoms with E-state index in [-0.39, 0.29) is 31.2 Å². The summed E-state index contributed by atoms with van der Waals surface area (Å²) in [5.74, 6) is 2.05. The van der Waals surface area contributed by atoms with Crippen molar-refractivity contribution >= 4 is 24.6 Å². The molecule has 0 aliphatic carbocycles. The van der Waals surface area contributed by atoms with Crippen LogP contribution in [0.3, 0.4) is 0 Å². The van der Waals surface area contributed by atoms with E-state index < -0.39 is 18.7 Å². The van der Waals surface area contributed by atoms with Gasteiger partial charge in [-0.25, -0.2) is 15.0 Å². The third-order valence-corrected chi connectivity index (χ3v) is 14.1. The van der Waals surface area contributed by atoms with Crippen LogP contribution in [0.25, 0.3) is 11.2 Å². The Hall–Kier alpha value is -6.66. The van der Waals surface area contributed by atoms with E-state index in [0.29, 0.717) is 29.9 Å². The quantitative estimate of drug-likeness (QED) is 0.0469. The SMILES string of the molecule is COc1ccc(C(NCCC(COCP(=O)(OC(C)C)OC(C)C)n2cnc3c(NC(c4ccccc4)(c4ccccc4)c4ccc(OC)cc4)ncnc32)(c2ccccc2)c2ccccc2)cc1. The number of fused-ring (bicyclic) bond motifs is 1. The number of aromatic nitrogens is 4. The van der Waals surface area contributed by atoms with E-state index in [1.54, 1.807) is 26.9 Å². The lowest BCUT2D eigenvalue weighted by molar-refractivity contribution is 0.0843. The highest BCUT2D eigenvalue weighted by molar-refractivity contribution is 7.53. The highest BCUT2D eigenvalue weighted by Gasteiger charge is 2.39. The smallest absolute Gasteiger partial charge is 0.356 e. The van der Waals surface area contributed by atoms with Gasteiger partial charge in [0.25, 0.3) is 0 Å². The molecule has 13 heteroatoms. The fourth-order valence-corrected chi connectivity index (χ4v) is 10.9. The highest BCUT2D eigenvalue weighted by Crippen LogP contribution is 2.51. The summed E-state index contributed by atoms with van der Waals surface area (Å²) >= 11 is 0. The van der Waals surface area contributed by atoms with E-state index in [1.165, 1.54) is 0 Å². The first-order chi connectivity index (χ1) is 33.6. The zero-order chi connectivity index (χ0) is 48.3. The van der Waals surface area contributed by atoms with E-state index in [4.69, 9.17) is 38.2 Å². The monoisotopic (exact) mass is 944 g/mol. The highest BCUT2D eigenvalue weighted by atomic mass is 31.2. The number of nitrogens with one attached hydrogen (secondary N) is 2. The van der Waals surface area contributed by atoms with Crippen molar-refractivity contribution in [3.63, 3.8) is 0 Å². The number of imidazole rings is 1. The molecular weight excluding hydrogens is 884 g/mol. The molecule has 0 bridgehead atoms. The summed E-state index contributed by atoms with van der Waals surface area (Å²) in [6, 6.07) is 57.5. The predicted molar refractivity (Wildman–Crippen MR) is 273 cm³/mol. The van der Waals surface area contributed by atoms with Gasteiger partial charge in [0.2, 0.25) is 0 Å². The van der Waals surface area contributed by atoms with Crippen molar-refractivity contribution in [3.05, 3.63) is 216 Å². The number of hydrogen-bond donors (Lipinski definition) is 2. The number of nitrogens with zero attached hydrogens (tertiary/aromatic N) is 4. The molecule has 0 amide bonds. The van der Waals surface area contributed by atoms with Crippen LogP contribution >= 0.6 is 7.60 Å². The molecule has 8 rings (SSSR count). The summed E-state index contributed by atoms with van der Waals surface area (Å²) in [6.45, 7) is 7.98. The van der Waals surface area contributed by atoms with E-state index in [9.17, 15) is 4.57 Å². The van der Waals surface area contributed by atoms with Gasteiger partial charge < -0.3 is 33.1 Å². The maximum Gasteiger partial charge on any atom is 0.356 e. The summed E-state index contributed by atoms with van der Waals surface area (Å²) in [5, 5.41) is 7.94. The first kappa shape index (κ1) is 48.8. The van der Waals surface area contributed by atoms with Crippen LogP contribution in [-0.2, 0) is 29.4 Å². The normalized spacial score (nSPS) is 12.6. The Balaban J connectivity index is 1.21. The molecule has 0 spiro atoms. The van der Waals surface area contributed by atoms with Crippen molar-refractivity contribution in [2.75, 3.05) is 39.0 Å². The lowest BCUT2D eigenvalue weighted by Crippen LogP contribution is -2.45. The molecule has 2 aromatic heterocycles. The Kier molecular flexibility index (Phi) is 15.7. The molecule has 0 saturated heterocycles. The molecule has 2 heterocycles. The lowest BCUT2D eigenvalue weighted by Gasteiger charge is -2.38. The van der Waals surface area contributed by atoms with Crippen LogP contribution in [0.1, 0.15) is 73.5 Å². The second-order valence-electron chi connectivity index (χ2n) is 17.4. The van der Waals surface area contributed by atoms with Crippen molar-refractivity contribution in [1.82, 2.24) is 24.8 Å². The first-order valence-corrected chi connectivity index (χ1v) is 25.1. The lowest BCUT2D eigenvalue weighted by atomic mass is 9.77. The van der Waals surface area contributed by atoms with Gasteiger partial charge in [0, 0.05) is 0 Å². The fraction of sp³-hybridized carbons (Fsp3) is 0.268. The zero-order valence-corrected chi connectivity index (χ0v) is 41.0. The molecule has 1 unspecified atom stereocenters. The van der Waals surface area contributed by atoms with Crippen LogP contribution in [0.5, 0.6) is 11.5 Å². The van der Waals surface area contributed by atoms with Crippen molar-refractivity contribution in [3.8, 4) is 11.5 Å². The third-order valence-electron chi connectivity index (χ3n) is 12.1.